The Labute approximate surface area is 112 Å². The molecule has 0 atom stereocenters. The third-order valence-corrected chi connectivity index (χ3v) is 4.09. The fraction of sp³-hybridized carbons (Fsp3) is 0. The molecule has 0 unspecified atom stereocenters. The van der Waals surface area contributed by atoms with E-state index in [2.05, 4.69) is 68.3 Å². The summed E-state index contributed by atoms with van der Waals surface area (Å²) < 4.78 is 2.15. The van der Waals surface area contributed by atoms with Crippen LogP contribution in [0.3, 0.4) is 0 Å². The van der Waals surface area contributed by atoms with Crippen molar-refractivity contribution in [3.8, 4) is 0 Å². The maximum Gasteiger partial charge on any atom is 0.0323 e. The molecule has 2 heteroatoms. The number of rotatable bonds is 2. The lowest BCUT2D eigenvalue weighted by atomic mass is 10.1. The highest BCUT2D eigenvalue weighted by Crippen LogP contribution is 2.24. The van der Waals surface area contributed by atoms with Gasteiger partial charge in [0.1, 0.15) is 0 Å². The molecule has 0 spiro atoms. The Morgan fingerprint density at radius 3 is 2.06 bits per heavy atom. The summed E-state index contributed by atoms with van der Waals surface area (Å²) in [6, 6.07) is 16.5. The van der Waals surface area contributed by atoms with Crippen LogP contribution in [0.5, 0.6) is 0 Å². The smallest absolute Gasteiger partial charge is 0.0323 e. The number of hydrogen-bond donors (Lipinski definition) is 0. The van der Waals surface area contributed by atoms with E-state index in [1.165, 1.54) is 11.1 Å². The van der Waals surface area contributed by atoms with E-state index >= 15 is 0 Å². The van der Waals surface area contributed by atoms with Crippen molar-refractivity contribution in [1.82, 2.24) is 0 Å². The molecule has 0 fully saturated rings. The number of benzene rings is 2. The van der Waals surface area contributed by atoms with Gasteiger partial charge in [0, 0.05) is 8.95 Å². The third-order valence-electron chi connectivity index (χ3n) is 2.21. The van der Waals surface area contributed by atoms with Gasteiger partial charge in [-0.2, -0.15) is 0 Å². The van der Waals surface area contributed by atoms with E-state index in [-0.39, 0.29) is 0 Å². The lowest BCUT2D eigenvalue weighted by Crippen LogP contribution is -1.74. The average Bonchev–Trinajstić information content (AvgIpc) is 2.32. The molecular weight excluding hydrogens is 328 g/mol. The summed E-state index contributed by atoms with van der Waals surface area (Å²) in [5.41, 5.74) is 2.39. The zero-order chi connectivity index (χ0) is 11.4. The molecule has 2 rings (SSSR count). The normalized spacial score (nSPS) is 10.9. The summed E-state index contributed by atoms with van der Waals surface area (Å²) in [5.74, 6) is 0. The van der Waals surface area contributed by atoms with Gasteiger partial charge < -0.3 is 0 Å². The quantitative estimate of drug-likeness (QED) is 0.645. The second kappa shape index (κ2) is 5.46. The van der Waals surface area contributed by atoms with Crippen molar-refractivity contribution in [2.24, 2.45) is 0 Å². The topological polar surface area (TPSA) is 0 Å². The van der Waals surface area contributed by atoms with Gasteiger partial charge in [0.25, 0.3) is 0 Å². The van der Waals surface area contributed by atoms with Gasteiger partial charge in [-0.15, -0.1) is 0 Å². The van der Waals surface area contributed by atoms with E-state index in [0.717, 1.165) is 8.95 Å². The molecule has 0 saturated carbocycles. The van der Waals surface area contributed by atoms with Gasteiger partial charge in [-0.25, -0.2) is 0 Å². The van der Waals surface area contributed by atoms with Crippen molar-refractivity contribution in [2.45, 2.75) is 0 Å². The van der Waals surface area contributed by atoms with Crippen LogP contribution >= 0.6 is 31.9 Å². The van der Waals surface area contributed by atoms with Crippen molar-refractivity contribution >= 4 is 44.0 Å². The summed E-state index contributed by atoms with van der Waals surface area (Å²) >= 11 is 6.95. The second-order valence-electron chi connectivity index (χ2n) is 3.42. The molecule has 0 heterocycles. The highest BCUT2D eigenvalue weighted by molar-refractivity contribution is 9.13. The monoisotopic (exact) mass is 336 g/mol. The molecule has 0 saturated heterocycles. The molecule has 0 nitrogen and oxygen atoms in total. The Morgan fingerprint density at radius 1 is 0.688 bits per heavy atom. The Hall–Kier alpha value is -0.860. The first-order valence-corrected chi connectivity index (χ1v) is 6.52. The van der Waals surface area contributed by atoms with E-state index < -0.39 is 0 Å². The lowest BCUT2D eigenvalue weighted by Gasteiger charge is -1.98. The van der Waals surface area contributed by atoms with Gasteiger partial charge in [0.15, 0.2) is 0 Å². The molecule has 80 valence electrons. The Morgan fingerprint density at radius 2 is 1.38 bits per heavy atom. The minimum Gasteiger partial charge on any atom is -0.0622 e. The standard InChI is InChI=1S/C14H10Br2/c15-13-9-8-12(10-14(13)16)7-6-11-4-2-1-3-5-11/h1-10H/b7-6+. The molecule has 2 aromatic carbocycles. The van der Waals surface area contributed by atoms with Gasteiger partial charge >= 0.3 is 0 Å². The molecule has 0 amide bonds. The van der Waals surface area contributed by atoms with Crippen LogP contribution in [-0.2, 0) is 0 Å². The lowest BCUT2D eigenvalue weighted by molar-refractivity contribution is 1.56. The summed E-state index contributed by atoms with van der Waals surface area (Å²) in [7, 11) is 0. The SMILES string of the molecule is Brc1ccc(/C=C/c2ccccc2)cc1Br. The minimum absolute atomic E-state index is 1.07. The molecule has 0 aliphatic heterocycles. The van der Waals surface area contributed by atoms with E-state index in [4.69, 9.17) is 0 Å². The van der Waals surface area contributed by atoms with Crippen molar-refractivity contribution in [3.63, 3.8) is 0 Å². The van der Waals surface area contributed by atoms with Crippen LogP contribution in [0, 0.1) is 0 Å². The van der Waals surface area contributed by atoms with Crippen LogP contribution in [0.15, 0.2) is 57.5 Å². The van der Waals surface area contributed by atoms with Gasteiger partial charge in [-0.1, -0.05) is 48.6 Å². The van der Waals surface area contributed by atoms with E-state index in [1.807, 2.05) is 24.3 Å². The molecule has 0 bridgehead atoms. The highest BCUT2D eigenvalue weighted by Gasteiger charge is 1.95. The first-order chi connectivity index (χ1) is 7.75. The van der Waals surface area contributed by atoms with Gasteiger partial charge in [-0.3, -0.25) is 0 Å². The van der Waals surface area contributed by atoms with Gasteiger partial charge in [0.05, 0.1) is 0 Å². The predicted molar refractivity (Wildman–Crippen MR) is 77.2 cm³/mol. The summed E-state index contributed by atoms with van der Waals surface area (Å²) in [4.78, 5) is 0. The summed E-state index contributed by atoms with van der Waals surface area (Å²) in [6.07, 6.45) is 4.21. The molecule has 0 aromatic heterocycles. The van der Waals surface area contributed by atoms with Crippen molar-refractivity contribution in [3.05, 3.63) is 68.6 Å². The molecule has 2 aromatic rings. The maximum atomic E-state index is 3.49. The Bertz CT molecular complexity index is 501. The number of hydrogen-bond acceptors (Lipinski definition) is 0. The first kappa shape index (κ1) is 11.6. The average molecular weight is 338 g/mol. The predicted octanol–water partition coefficient (Wildman–Crippen LogP) is 5.38. The van der Waals surface area contributed by atoms with Crippen LogP contribution < -0.4 is 0 Å². The largest absolute Gasteiger partial charge is 0.0622 e. The van der Waals surface area contributed by atoms with Gasteiger partial charge in [0.2, 0.25) is 0 Å². The molecule has 0 radical (unpaired) electrons. The Kier molecular flexibility index (Phi) is 3.97. The van der Waals surface area contributed by atoms with E-state index in [9.17, 15) is 0 Å². The molecule has 16 heavy (non-hydrogen) atoms. The summed E-state index contributed by atoms with van der Waals surface area (Å²) in [6.45, 7) is 0. The first-order valence-electron chi connectivity index (χ1n) is 4.94. The molecule has 0 aliphatic rings. The third kappa shape index (κ3) is 3.06. The van der Waals surface area contributed by atoms with Crippen LogP contribution in [-0.4, -0.2) is 0 Å². The fourth-order valence-corrected chi connectivity index (χ4v) is 2.02. The Balaban J connectivity index is 2.21. The zero-order valence-electron chi connectivity index (χ0n) is 8.53. The van der Waals surface area contributed by atoms with E-state index in [0.29, 0.717) is 0 Å². The van der Waals surface area contributed by atoms with E-state index in [1.54, 1.807) is 0 Å². The fourth-order valence-electron chi connectivity index (χ4n) is 1.37. The second-order valence-corrected chi connectivity index (χ2v) is 5.13. The maximum absolute atomic E-state index is 3.49. The molecule has 0 aliphatic carbocycles. The van der Waals surface area contributed by atoms with Crippen molar-refractivity contribution in [1.29, 1.82) is 0 Å². The van der Waals surface area contributed by atoms with Crippen molar-refractivity contribution < 1.29 is 0 Å². The van der Waals surface area contributed by atoms with Crippen LogP contribution in [0.25, 0.3) is 12.2 Å². The highest BCUT2D eigenvalue weighted by atomic mass is 79.9. The van der Waals surface area contributed by atoms with Gasteiger partial charge in [-0.05, 0) is 55.1 Å². The minimum atomic E-state index is 1.07. The molecule has 0 N–H and O–H groups in total. The summed E-state index contributed by atoms with van der Waals surface area (Å²) in [5, 5.41) is 0. The van der Waals surface area contributed by atoms with Crippen molar-refractivity contribution in [2.75, 3.05) is 0 Å². The zero-order valence-corrected chi connectivity index (χ0v) is 11.7. The van der Waals surface area contributed by atoms with Crippen LogP contribution in [0.4, 0.5) is 0 Å². The van der Waals surface area contributed by atoms with Crippen LogP contribution in [0.2, 0.25) is 0 Å². The van der Waals surface area contributed by atoms with Crippen LogP contribution in [0.1, 0.15) is 11.1 Å². The molecular formula is C14H10Br2. The number of halogens is 2.